The molecule has 0 spiro atoms. The van der Waals surface area contributed by atoms with E-state index in [1.54, 1.807) is 0 Å². The summed E-state index contributed by atoms with van der Waals surface area (Å²) in [6, 6.07) is 0. The van der Waals surface area contributed by atoms with Crippen molar-refractivity contribution < 1.29 is 65.0 Å². The van der Waals surface area contributed by atoms with E-state index in [1.165, 1.54) is 44.9 Å². The van der Waals surface area contributed by atoms with Crippen LogP contribution in [0.25, 0.3) is 0 Å². The van der Waals surface area contributed by atoms with Gasteiger partial charge in [0.2, 0.25) is 0 Å². The second-order valence-corrected chi connectivity index (χ2v) is 6.37. The fourth-order valence-corrected chi connectivity index (χ4v) is 2.08. The van der Waals surface area contributed by atoms with Gasteiger partial charge in [0.15, 0.2) is 17.4 Å². The van der Waals surface area contributed by atoms with Gasteiger partial charge in [-0.25, -0.2) is 4.18 Å². The molecule has 0 amide bonds. The molecule has 7 nitrogen and oxygen atoms in total. The van der Waals surface area contributed by atoms with Gasteiger partial charge in [0.05, 0.1) is 6.61 Å². The fourth-order valence-electron chi connectivity index (χ4n) is 1.75. The number of hydrogen-bond donors (Lipinski definition) is 3. The zero-order chi connectivity index (χ0) is 16.6. The molecule has 0 unspecified atom stereocenters. The van der Waals surface area contributed by atoms with E-state index in [0.29, 0.717) is 6.42 Å². The summed E-state index contributed by atoms with van der Waals surface area (Å²) < 4.78 is 41.7. The Morgan fingerprint density at radius 2 is 1.21 bits per heavy atom. The second-order valence-electron chi connectivity index (χ2n) is 4.71. The third kappa shape index (κ3) is 49.6. The van der Waals surface area contributed by atoms with Gasteiger partial charge in [-0.1, -0.05) is 64.7 Å². The van der Waals surface area contributed by atoms with Crippen LogP contribution in [0.15, 0.2) is 0 Å². The first-order chi connectivity index (χ1) is 9.79. The molecular formula is C12H34AlMgNaO7SSi. The average molecular weight is 425 g/mol. The Balaban J connectivity index is -0.0000000548. The van der Waals surface area contributed by atoms with Crippen molar-refractivity contribution in [3.05, 3.63) is 0 Å². The first-order valence-corrected chi connectivity index (χ1v) is 10.00. The first kappa shape index (κ1) is 36.7. The van der Waals surface area contributed by atoms with Crippen molar-refractivity contribution >= 4 is 60.0 Å². The molecule has 0 aromatic carbocycles. The molecule has 24 heavy (non-hydrogen) atoms. The van der Waals surface area contributed by atoms with E-state index in [-0.39, 0.29) is 80.9 Å². The monoisotopic (exact) mass is 424 g/mol. The zero-order valence-electron chi connectivity index (χ0n) is 17.4. The van der Waals surface area contributed by atoms with E-state index in [1.807, 2.05) is 0 Å². The van der Waals surface area contributed by atoms with Gasteiger partial charge in [0, 0.05) is 0 Å². The molecule has 0 aliphatic heterocycles. The quantitative estimate of drug-likeness (QED) is 0.186. The summed E-state index contributed by atoms with van der Waals surface area (Å²) >= 11 is 0. The topological polar surface area (TPSA) is 121 Å². The SMILES string of the molecule is CCCCCCCCCCCCOS(=O)(=O)O.O=[Si](O)O.[AlH3].[H-].[H-].[H-].[Mg+2].[Na+]. The Kier molecular flexibility index (Phi) is 41.3. The van der Waals surface area contributed by atoms with Gasteiger partial charge in [0.1, 0.15) is 0 Å². The van der Waals surface area contributed by atoms with Gasteiger partial charge in [-0.3, -0.25) is 9.01 Å². The van der Waals surface area contributed by atoms with Crippen LogP contribution in [0.3, 0.4) is 0 Å². The smallest absolute Gasteiger partial charge is 1.00 e. The van der Waals surface area contributed by atoms with Crippen LogP contribution in [0.2, 0.25) is 0 Å². The van der Waals surface area contributed by atoms with Gasteiger partial charge in [-0.05, 0) is 6.42 Å². The zero-order valence-corrected chi connectivity index (χ0v) is 19.6. The van der Waals surface area contributed by atoms with Gasteiger partial charge in [-0.2, -0.15) is 8.42 Å². The molecule has 0 radical (unpaired) electrons. The summed E-state index contributed by atoms with van der Waals surface area (Å²) in [6.45, 7) is 2.31. The maximum Gasteiger partial charge on any atom is 2.00 e. The van der Waals surface area contributed by atoms with Crippen molar-refractivity contribution in [3.8, 4) is 0 Å². The molecule has 3 N–H and O–H groups in total. The van der Waals surface area contributed by atoms with E-state index >= 15 is 0 Å². The third-order valence-electron chi connectivity index (χ3n) is 2.73. The summed E-state index contributed by atoms with van der Waals surface area (Å²) in [7, 11) is -7.36. The molecule has 0 saturated carbocycles. The molecule has 12 heteroatoms. The normalized spacial score (nSPS) is 9.42. The van der Waals surface area contributed by atoms with E-state index in [4.69, 9.17) is 18.6 Å². The molecule has 0 aliphatic rings. The maximum absolute atomic E-state index is 10.2. The molecule has 0 heterocycles. The third-order valence-corrected chi connectivity index (χ3v) is 3.19. The Morgan fingerprint density at radius 1 is 0.917 bits per heavy atom. The second kappa shape index (κ2) is 27.0. The van der Waals surface area contributed by atoms with Crippen LogP contribution in [0.1, 0.15) is 75.4 Å². The summed E-state index contributed by atoms with van der Waals surface area (Å²) in [5.74, 6) is 0. The van der Waals surface area contributed by atoms with Crippen LogP contribution in [-0.4, -0.2) is 78.8 Å². The Morgan fingerprint density at radius 3 is 1.50 bits per heavy atom. The van der Waals surface area contributed by atoms with E-state index in [9.17, 15) is 8.42 Å². The van der Waals surface area contributed by atoms with Crippen LogP contribution in [0, 0.1) is 0 Å². The molecule has 0 aliphatic carbocycles. The number of rotatable bonds is 12. The van der Waals surface area contributed by atoms with Crippen molar-refractivity contribution in [2.24, 2.45) is 0 Å². The van der Waals surface area contributed by atoms with Crippen molar-refractivity contribution in [3.63, 3.8) is 0 Å². The molecule has 0 bridgehead atoms. The van der Waals surface area contributed by atoms with Gasteiger partial charge in [-0.15, -0.1) is 0 Å². The molecule has 0 atom stereocenters. The van der Waals surface area contributed by atoms with Crippen molar-refractivity contribution in [2.45, 2.75) is 71.1 Å². The van der Waals surface area contributed by atoms with Crippen LogP contribution in [-0.2, 0) is 19.0 Å². The fraction of sp³-hybridized carbons (Fsp3) is 1.00. The Bertz CT molecular complexity index is 360. The standard InChI is InChI=1S/C12H26O4S.Al.Mg.Na.H2O3Si.6H/c1-2-3-4-5-6-7-8-9-10-11-12-16-17(13,14)15;;;;1-4(2)3;;;;;;/h2-12H2,1H3,(H,13,14,15);;;;1-2H;;;;;;/q;;+2;+1;;;;;3*-1. The van der Waals surface area contributed by atoms with E-state index < -0.39 is 19.6 Å². The average Bonchev–Trinajstić information content (AvgIpc) is 2.34. The summed E-state index contributed by atoms with van der Waals surface area (Å²) in [4.78, 5) is 14.3. The molecule has 0 saturated heterocycles. The molecule has 0 rings (SSSR count). The number of unbranched alkanes of at least 4 members (excludes halogenated alkanes) is 9. The molecule has 0 aromatic rings. The predicted molar refractivity (Wildman–Crippen MR) is 99.3 cm³/mol. The molecular weight excluding hydrogens is 391 g/mol. The van der Waals surface area contributed by atoms with E-state index in [0.717, 1.165) is 12.8 Å². The number of hydrogen-bond acceptors (Lipinski definition) is 4. The van der Waals surface area contributed by atoms with Crippen LogP contribution < -0.4 is 29.6 Å². The summed E-state index contributed by atoms with van der Waals surface area (Å²) in [5.41, 5.74) is 0. The minimum Gasteiger partial charge on any atom is -1.00 e. The van der Waals surface area contributed by atoms with E-state index in [2.05, 4.69) is 11.1 Å². The van der Waals surface area contributed by atoms with Crippen molar-refractivity contribution in [2.75, 3.05) is 6.61 Å². The van der Waals surface area contributed by atoms with Crippen LogP contribution in [0.4, 0.5) is 0 Å². The Labute approximate surface area is 201 Å². The van der Waals surface area contributed by atoms with Crippen molar-refractivity contribution in [1.29, 1.82) is 0 Å². The van der Waals surface area contributed by atoms with Crippen LogP contribution >= 0.6 is 0 Å². The Hall–Kier alpha value is 1.79. The molecule has 140 valence electrons. The van der Waals surface area contributed by atoms with Crippen molar-refractivity contribution in [1.82, 2.24) is 0 Å². The largest absolute Gasteiger partial charge is 2.00 e. The van der Waals surface area contributed by atoms with Crippen LogP contribution in [0.5, 0.6) is 0 Å². The minimum atomic E-state index is -4.23. The van der Waals surface area contributed by atoms with Gasteiger partial charge >= 0.3 is 72.2 Å². The van der Waals surface area contributed by atoms with Gasteiger partial charge in [0.25, 0.3) is 0 Å². The maximum atomic E-state index is 10.2. The molecule has 0 fully saturated rings. The minimum absolute atomic E-state index is 0. The summed E-state index contributed by atoms with van der Waals surface area (Å²) in [6.07, 6.45) is 11.9. The first-order valence-electron chi connectivity index (χ1n) is 7.33. The van der Waals surface area contributed by atoms with Gasteiger partial charge < -0.3 is 13.9 Å². The predicted octanol–water partition coefficient (Wildman–Crippen LogP) is -2.11. The summed E-state index contributed by atoms with van der Waals surface area (Å²) in [5, 5.41) is 0. The molecule has 0 aromatic heterocycles.